The van der Waals surface area contributed by atoms with Crippen molar-refractivity contribution in [2.75, 3.05) is 13.2 Å². The summed E-state index contributed by atoms with van der Waals surface area (Å²) in [5.74, 6) is 0.183. The van der Waals surface area contributed by atoms with E-state index in [1.165, 1.54) is 24.3 Å². The lowest BCUT2D eigenvalue weighted by molar-refractivity contribution is -0.384. The number of nitro groups is 1. The molecule has 0 aliphatic carbocycles. The maximum Gasteiger partial charge on any atom is 0.269 e. The van der Waals surface area contributed by atoms with Gasteiger partial charge in [-0.1, -0.05) is 15.9 Å². The van der Waals surface area contributed by atoms with E-state index in [4.69, 9.17) is 4.74 Å². The molecule has 126 valence electrons. The standard InChI is InChI=1S/C16H15BrN2O5/c17-12-3-7-14(8-4-12)24-10-16(21)18-9-15(20)11-1-5-13(6-2-11)19(22)23/h1-8,15,20H,9-10H2,(H,18,21). The number of halogens is 1. The van der Waals surface area contributed by atoms with Crippen molar-refractivity contribution in [3.05, 3.63) is 68.7 Å². The Morgan fingerprint density at radius 1 is 1.21 bits per heavy atom. The number of ether oxygens (including phenoxy) is 1. The second-order valence-electron chi connectivity index (χ2n) is 4.91. The SMILES string of the molecule is O=C(COc1ccc(Br)cc1)NCC(O)c1ccc([N+](=O)[O-])cc1. The van der Waals surface area contributed by atoms with Gasteiger partial charge in [0.25, 0.3) is 11.6 Å². The molecule has 0 radical (unpaired) electrons. The molecule has 0 bridgehead atoms. The molecule has 0 fully saturated rings. The van der Waals surface area contributed by atoms with Gasteiger partial charge in [0.2, 0.25) is 0 Å². The normalized spacial score (nSPS) is 11.6. The summed E-state index contributed by atoms with van der Waals surface area (Å²) in [4.78, 5) is 21.8. The third-order valence-electron chi connectivity index (χ3n) is 3.16. The molecule has 1 amide bonds. The van der Waals surface area contributed by atoms with E-state index < -0.39 is 11.0 Å². The van der Waals surface area contributed by atoms with Gasteiger partial charge in [-0.3, -0.25) is 14.9 Å². The zero-order valence-corrected chi connectivity index (χ0v) is 14.1. The summed E-state index contributed by atoms with van der Waals surface area (Å²) in [6, 6.07) is 12.6. The highest BCUT2D eigenvalue weighted by atomic mass is 79.9. The average Bonchev–Trinajstić information content (AvgIpc) is 2.59. The van der Waals surface area contributed by atoms with Gasteiger partial charge in [-0.05, 0) is 42.0 Å². The summed E-state index contributed by atoms with van der Waals surface area (Å²) in [7, 11) is 0. The molecule has 7 nitrogen and oxygen atoms in total. The number of aliphatic hydroxyl groups is 1. The van der Waals surface area contributed by atoms with Crippen LogP contribution in [0.25, 0.3) is 0 Å². The fourth-order valence-electron chi connectivity index (χ4n) is 1.88. The summed E-state index contributed by atoms with van der Waals surface area (Å²) < 4.78 is 6.22. The average molecular weight is 395 g/mol. The summed E-state index contributed by atoms with van der Waals surface area (Å²) in [6.07, 6.45) is -0.956. The molecule has 24 heavy (non-hydrogen) atoms. The number of nitrogens with zero attached hydrogens (tertiary/aromatic N) is 1. The smallest absolute Gasteiger partial charge is 0.269 e. The first-order chi connectivity index (χ1) is 11.5. The predicted molar refractivity (Wildman–Crippen MR) is 90.7 cm³/mol. The number of benzene rings is 2. The zero-order chi connectivity index (χ0) is 17.5. The number of non-ortho nitro benzene ring substituents is 1. The molecule has 2 rings (SSSR count). The number of carbonyl (C=O) groups excluding carboxylic acids is 1. The molecule has 2 aromatic rings. The van der Waals surface area contributed by atoms with Crippen molar-refractivity contribution < 1.29 is 19.6 Å². The minimum atomic E-state index is -0.956. The van der Waals surface area contributed by atoms with E-state index in [0.717, 1.165) is 4.47 Å². The topological polar surface area (TPSA) is 102 Å². The second-order valence-corrected chi connectivity index (χ2v) is 5.83. The van der Waals surface area contributed by atoms with Crippen LogP contribution in [-0.2, 0) is 4.79 Å². The predicted octanol–water partition coefficient (Wildman–Crippen LogP) is 2.59. The van der Waals surface area contributed by atoms with Crippen LogP contribution in [0.4, 0.5) is 5.69 Å². The van der Waals surface area contributed by atoms with E-state index in [0.29, 0.717) is 11.3 Å². The summed E-state index contributed by atoms with van der Waals surface area (Å²) in [6.45, 7) is -0.186. The van der Waals surface area contributed by atoms with E-state index in [1.54, 1.807) is 24.3 Å². The third kappa shape index (κ3) is 5.32. The monoisotopic (exact) mass is 394 g/mol. The number of nitro benzene ring substituents is 1. The van der Waals surface area contributed by atoms with Crippen LogP contribution in [0.1, 0.15) is 11.7 Å². The Kier molecular flexibility index (Phi) is 6.28. The van der Waals surface area contributed by atoms with Crippen LogP contribution in [-0.4, -0.2) is 29.1 Å². The van der Waals surface area contributed by atoms with Crippen LogP contribution in [0.5, 0.6) is 5.75 Å². The molecule has 0 aliphatic heterocycles. The van der Waals surface area contributed by atoms with E-state index >= 15 is 0 Å². The molecule has 0 aromatic heterocycles. The second kappa shape index (κ2) is 8.42. The molecule has 0 heterocycles. The Bertz CT molecular complexity index is 703. The van der Waals surface area contributed by atoms with Gasteiger partial charge >= 0.3 is 0 Å². The highest BCUT2D eigenvalue weighted by Crippen LogP contribution is 2.17. The Balaban J connectivity index is 1.78. The van der Waals surface area contributed by atoms with Crippen molar-refractivity contribution in [1.29, 1.82) is 0 Å². The quantitative estimate of drug-likeness (QED) is 0.554. The molecule has 1 atom stereocenters. The van der Waals surface area contributed by atoms with Crippen LogP contribution < -0.4 is 10.1 Å². The number of rotatable bonds is 7. The summed E-state index contributed by atoms with van der Waals surface area (Å²) in [5, 5.41) is 23.1. The van der Waals surface area contributed by atoms with Gasteiger partial charge in [0.05, 0.1) is 11.0 Å². The highest BCUT2D eigenvalue weighted by Gasteiger charge is 2.12. The number of hydrogen-bond acceptors (Lipinski definition) is 5. The van der Waals surface area contributed by atoms with Gasteiger partial charge in [-0.25, -0.2) is 0 Å². The Hall–Kier alpha value is -2.45. The molecule has 2 N–H and O–H groups in total. The van der Waals surface area contributed by atoms with Gasteiger partial charge < -0.3 is 15.2 Å². The van der Waals surface area contributed by atoms with Gasteiger partial charge in [0, 0.05) is 23.2 Å². The summed E-state index contributed by atoms with van der Waals surface area (Å²) in [5.41, 5.74) is 0.424. The van der Waals surface area contributed by atoms with Gasteiger partial charge in [0.15, 0.2) is 6.61 Å². The van der Waals surface area contributed by atoms with Gasteiger partial charge in [-0.15, -0.1) is 0 Å². The van der Waals surface area contributed by atoms with E-state index in [2.05, 4.69) is 21.2 Å². The number of hydrogen-bond donors (Lipinski definition) is 2. The lowest BCUT2D eigenvalue weighted by atomic mass is 10.1. The number of aliphatic hydroxyl groups excluding tert-OH is 1. The maximum absolute atomic E-state index is 11.7. The third-order valence-corrected chi connectivity index (χ3v) is 3.69. The molecule has 0 spiro atoms. The first-order valence-electron chi connectivity index (χ1n) is 7.03. The first kappa shape index (κ1) is 17.9. The van der Waals surface area contributed by atoms with E-state index in [-0.39, 0.29) is 24.7 Å². The molecular formula is C16H15BrN2O5. The minimum Gasteiger partial charge on any atom is -0.484 e. The number of carbonyl (C=O) groups is 1. The highest BCUT2D eigenvalue weighted by molar-refractivity contribution is 9.10. The van der Waals surface area contributed by atoms with Crippen LogP contribution in [0.15, 0.2) is 53.0 Å². The maximum atomic E-state index is 11.7. The van der Waals surface area contributed by atoms with E-state index in [1.807, 2.05) is 0 Å². The molecule has 8 heteroatoms. The number of nitrogens with one attached hydrogen (secondary N) is 1. The van der Waals surface area contributed by atoms with Crippen molar-refractivity contribution in [2.24, 2.45) is 0 Å². The Morgan fingerprint density at radius 3 is 2.42 bits per heavy atom. The first-order valence-corrected chi connectivity index (χ1v) is 7.82. The van der Waals surface area contributed by atoms with Crippen molar-refractivity contribution in [2.45, 2.75) is 6.10 Å². The molecule has 0 saturated carbocycles. The van der Waals surface area contributed by atoms with Crippen LogP contribution in [0.3, 0.4) is 0 Å². The lowest BCUT2D eigenvalue weighted by Gasteiger charge is -2.12. The van der Waals surface area contributed by atoms with Crippen molar-refractivity contribution in [3.8, 4) is 5.75 Å². The Labute approximate surface area is 146 Å². The van der Waals surface area contributed by atoms with Crippen LogP contribution in [0, 0.1) is 10.1 Å². The van der Waals surface area contributed by atoms with Crippen molar-refractivity contribution >= 4 is 27.5 Å². The zero-order valence-electron chi connectivity index (χ0n) is 12.5. The van der Waals surface area contributed by atoms with E-state index in [9.17, 15) is 20.0 Å². The molecular weight excluding hydrogens is 380 g/mol. The van der Waals surface area contributed by atoms with Crippen LogP contribution in [0.2, 0.25) is 0 Å². The molecule has 0 aliphatic rings. The van der Waals surface area contributed by atoms with Crippen molar-refractivity contribution in [1.82, 2.24) is 5.32 Å². The Morgan fingerprint density at radius 2 is 1.83 bits per heavy atom. The molecule has 2 aromatic carbocycles. The van der Waals surface area contributed by atoms with Gasteiger partial charge in [0.1, 0.15) is 5.75 Å². The molecule has 0 saturated heterocycles. The largest absolute Gasteiger partial charge is 0.484 e. The summed E-state index contributed by atoms with van der Waals surface area (Å²) >= 11 is 3.30. The number of amides is 1. The minimum absolute atomic E-state index is 0.0135. The van der Waals surface area contributed by atoms with Crippen molar-refractivity contribution in [3.63, 3.8) is 0 Å². The fourth-order valence-corrected chi connectivity index (χ4v) is 2.14. The fraction of sp³-hybridized carbons (Fsp3) is 0.188. The molecule has 1 unspecified atom stereocenters. The van der Waals surface area contributed by atoms with Gasteiger partial charge in [-0.2, -0.15) is 0 Å². The van der Waals surface area contributed by atoms with Crippen LogP contribution >= 0.6 is 15.9 Å². The lowest BCUT2D eigenvalue weighted by Crippen LogP contribution is -2.32.